The molecule has 0 aliphatic rings. The van der Waals surface area contributed by atoms with Gasteiger partial charge in [-0.3, -0.25) is 9.78 Å². The number of hydrogen-bond donors (Lipinski definition) is 1. The maximum absolute atomic E-state index is 11.0. The van der Waals surface area contributed by atoms with Gasteiger partial charge in [0.2, 0.25) is 0 Å². The third kappa shape index (κ3) is 5.43. The number of nitrogens with two attached hydrogens (primary N) is 1. The van der Waals surface area contributed by atoms with Crippen LogP contribution in [0.3, 0.4) is 0 Å². The zero-order valence-electron chi connectivity index (χ0n) is 14.5. The highest BCUT2D eigenvalue weighted by molar-refractivity contribution is 6.30. The first kappa shape index (κ1) is 18.7. The number of halogens is 1. The molecule has 3 aromatic rings. The first-order chi connectivity index (χ1) is 13.1. The minimum Gasteiger partial charge on any atom is -0.485 e. The Hall–Kier alpha value is -3.12. The zero-order valence-corrected chi connectivity index (χ0v) is 15.2. The molecule has 0 unspecified atom stereocenters. The number of carbonyl (C=O) groups excluding carboxylic acids is 1. The van der Waals surface area contributed by atoms with E-state index in [0.29, 0.717) is 35.4 Å². The second-order valence-corrected chi connectivity index (χ2v) is 6.14. The number of hydrogen-bond acceptors (Lipinski definition) is 5. The summed E-state index contributed by atoms with van der Waals surface area (Å²) in [4.78, 5) is 19.3. The molecule has 0 saturated carbocycles. The minimum atomic E-state index is -0.556. The van der Waals surface area contributed by atoms with Crippen molar-refractivity contribution in [2.24, 2.45) is 5.73 Å². The summed E-state index contributed by atoms with van der Waals surface area (Å²) in [6.07, 6.45) is 3.63. The van der Waals surface area contributed by atoms with Crippen LogP contribution in [0.5, 0.6) is 11.5 Å². The first-order valence-corrected chi connectivity index (χ1v) is 8.66. The Morgan fingerprint density at radius 2 is 1.74 bits per heavy atom. The van der Waals surface area contributed by atoms with Gasteiger partial charge in [0.1, 0.15) is 6.61 Å². The third-order valence-electron chi connectivity index (χ3n) is 3.71. The molecule has 1 aromatic heterocycles. The highest BCUT2D eigenvalue weighted by Crippen LogP contribution is 2.30. The van der Waals surface area contributed by atoms with Crippen molar-refractivity contribution < 1.29 is 14.3 Å². The van der Waals surface area contributed by atoms with E-state index in [1.807, 2.05) is 42.5 Å². The molecule has 0 aliphatic heterocycles. The fourth-order valence-corrected chi connectivity index (χ4v) is 2.61. The van der Waals surface area contributed by atoms with Gasteiger partial charge >= 0.3 is 0 Å². The third-order valence-corrected chi connectivity index (χ3v) is 4.03. The molecule has 27 heavy (non-hydrogen) atoms. The molecule has 3 rings (SSSR count). The molecule has 0 bridgehead atoms. The van der Waals surface area contributed by atoms with E-state index in [9.17, 15) is 4.79 Å². The van der Waals surface area contributed by atoms with Crippen molar-refractivity contribution in [3.8, 4) is 11.5 Å². The smallest absolute Gasteiger partial charge is 0.255 e. The van der Waals surface area contributed by atoms with E-state index in [1.54, 1.807) is 18.5 Å². The van der Waals surface area contributed by atoms with E-state index >= 15 is 0 Å². The quantitative estimate of drug-likeness (QED) is 0.645. The van der Waals surface area contributed by atoms with Crippen LogP contribution in [0.2, 0.25) is 5.15 Å². The summed E-state index contributed by atoms with van der Waals surface area (Å²) in [6.45, 7) is 0.139. The van der Waals surface area contributed by atoms with Gasteiger partial charge in [0.25, 0.3) is 5.91 Å². The van der Waals surface area contributed by atoms with Crippen LogP contribution in [0, 0.1) is 0 Å². The molecule has 0 radical (unpaired) electrons. The fraction of sp³-hybridized carbons (Fsp3) is 0.150. The van der Waals surface area contributed by atoms with Crippen LogP contribution in [0.15, 0.2) is 60.9 Å². The second kappa shape index (κ2) is 9.00. The van der Waals surface area contributed by atoms with Crippen LogP contribution >= 0.6 is 11.6 Å². The van der Waals surface area contributed by atoms with Crippen molar-refractivity contribution in [2.45, 2.75) is 13.0 Å². The van der Waals surface area contributed by atoms with Gasteiger partial charge in [0.15, 0.2) is 23.3 Å². The molecule has 0 saturated heterocycles. The Morgan fingerprint density at radius 3 is 2.48 bits per heavy atom. The van der Waals surface area contributed by atoms with Crippen LogP contribution < -0.4 is 15.2 Å². The van der Waals surface area contributed by atoms with Gasteiger partial charge in [-0.05, 0) is 23.3 Å². The molecule has 1 heterocycles. The molecule has 7 heteroatoms. The number of benzene rings is 2. The SMILES string of the molecule is NC(=O)COc1ccc(Cc2nccnc2Cl)cc1OCc1ccccc1. The summed E-state index contributed by atoms with van der Waals surface area (Å²) < 4.78 is 11.4. The summed E-state index contributed by atoms with van der Waals surface area (Å²) in [5.41, 5.74) is 7.77. The van der Waals surface area contributed by atoms with Crippen LogP contribution in [0.4, 0.5) is 0 Å². The van der Waals surface area contributed by atoms with Gasteiger partial charge in [0.05, 0.1) is 5.69 Å². The van der Waals surface area contributed by atoms with Crippen LogP contribution in [-0.2, 0) is 17.8 Å². The van der Waals surface area contributed by atoms with Gasteiger partial charge in [-0.1, -0.05) is 48.0 Å². The predicted molar refractivity (Wildman–Crippen MR) is 102 cm³/mol. The van der Waals surface area contributed by atoms with Crippen molar-refractivity contribution >= 4 is 17.5 Å². The average Bonchev–Trinajstić information content (AvgIpc) is 2.68. The summed E-state index contributed by atoms with van der Waals surface area (Å²) in [5, 5.41) is 0.360. The van der Waals surface area contributed by atoms with E-state index in [2.05, 4.69) is 9.97 Å². The van der Waals surface area contributed by atoms with Crippen molar-refractivity contribution in [3.63, 3.8) is 0 Å². The van der Waals surface area contributed by atoms with Crippen LogP contribution in [-0.4, -0.2) is 22.5 Å². The number of ether oxygens (including phenoxy) is 2. The highest BCUT2D eigenvalue weighted by Gasteiger charge is 2.11. The average molecular weight is 384 g/mol. The predicted octanol–water partition coefficient (Wildman–Crippen LogP) is 3.16. The normalized spacial score (nSPS) is 10.4. The standard InChI is InChI=1S/C20H18ClN3O3/c21-20-16(23-8-9-24-20)10-15-6-7-17(27-13-19(22)25)18(11-15)26-12-14-4-2-1-3-5-14/h1-9,11H,10,12-13H2,(H2,22,25). The summed E-state index contributed by atoms with van der Waals surface area (Å²) >= 11 is 6.09. The Labute approximate surface area is 161 Å². The highest BCUT2D eigenvalue weighted by atomic mass is 35.5. The van der Waals surface area contributed by atoms with E-state index in [-0.39, 0.29) is 6.61 Å². The van der Waals surface area contributed by atoms with Crippen molar-refractivity contribution in [3.05, 3.63) is 82.9 Å². The van der Waals surface area contributed by atoms with Crippen molar-refractivity contribution in [1.82, 2.24) is 9.97 Å². The number of carbonyl (C=O) groups is 1. The topological polar surface area (TPSA) is 87.3 Å². The maximum atomic E-state index is 11.0. The number of primary amides is 1. The lowest BCUT2D eigenvalue weighted by molar-refractivity contribution is -0.119. The minimum absolute atomic E-state index is 0.225. The molecule has 0 spiro atoms. The number of amides is 1. The lowest BCUT2D eigenvalue weighted by Crippen LogP contribution is -2.20. The summed E-state index contributed by atoms with van der Waals surface area (Å²) in [7, 11) is 0. The van der Waals surface area contributed by atoms with E-state index in [4.69, 9.17) is 26.8 Å². The molecule has 138 valence electrons. The Morgan fingerprint density at radius 1 is 0.963 bits per heavy atom. The van der Waals surface area contributed by atoms with Crippen molar-refractivity contribution in [1.29, 1.82) is 0 Å². The molecule has 1 amide bonds. The molecular formula is C20H18ClN3O3. The van der Waals surface area contributed by atoms with Crippen LogP contribution in [0.1, 0.15) is 16.8 Å². The van der Waals surface area contributed by atoms with Crippen molar-refractivity contribution in [2.75, 3.05) is 6.61 Å². The van der Waals surface area contributed by atoms with E-state index < -0.39 is 5.91 Å². The fourth-order valence-electron chi connectivity index (χ4n) is 2.44. The number of aromatic nitrogens is 2. The Kier molecular flexibility index (Phi) is 6.22. The molecular weight excluding hydrogens is 366 g/mol. The maximum Gasteiger partial charge on any atom is 0.255 e. The Bertz CT molecular complexity index is 919. The lowest BCUT2D eigenvalue weighted by Gasteiger charge is -2.14. The van der Waals surface area contributed by atoms with Crippen LogP contribution in [0.25, 0.3) is 0 Å². The monoisotopic (exact) mass is 383 g/mol. The summed E-state index contributed by atoms with van der Waals surface area (Å²) in [6, 6.07) is 15.2. The van der Waals surface area contributed by atoms with Gasteiger partial charge in [0, 0.05) is 18.8 Å². The lowest BCUT2D eigenvalue weighted by atomic mass is 10.1. The number of nitrogens with zero attached hydrogens (tertiary/aromatic N) is 2. The second-order valence-electron chi connectivity index (χ2n) is 5.78. The Balaban J connectivity index is 1.81. The zero-order chi connectivity index (χ0) is 19.1. The largest absolute Gasteiger partial charge is 0.485 e. The van der Waals surface area contributed by atoms with E-state index in [1.165, 1.54) is 0 Å². The molecule has 2 aromatic carbocycles. The van der Waals surface area contributed by atoms with E-state index in [0.717, 1.165) is 11.1 Å². The van der Waals surface area contributed by atoms with Gasteiger partial charge in [-0.15, -0.1) is 0 Å². The van der Waals surface area contributed by atoms with Gasteiger partial charge in [-0.2, -0.15) is 0 Å². The number of rotatable bonds is 8. The molecule has 0 atom stereocenters. The molecule has 6 nitrogen and oxygen atoms in total. The van der Waals surface area contributed by atoms with Gasteiger partial charge < -0.3 is 15.2 Å². The molecule has 2 N–H and O–H groups in total. The molecule has 0 aliphatic carbocycles. The first-order valence-electron chi connectivity index (χ1n) is 8.28. The summed E-state index contributed by atoms with van der Waals surface area (Å²) in [5.74, 6) is 0.399. The molecule has 0 fully saturated rings. The van der Waals surface area contributed by atoms with Gasteiger partial charge in [-0.25, -0.2) is 4.98 Å².